The fraction of sp³-hybridized carbons (Fsp3) is 0.192. The Kier molecular flexibility index (Phi) is 7.51. The summed E-state index contributed by atoms with van der Waals surface area (Å²) in [6, 6.07) is 18.3. The van der Waals surface area contributed by atoms with E-state index >= 15 is 0 Å². The van der Waals surface area contributed by atoms with Gasteiger partial charge in [-0.25, -0.2) is 4.79 Å². The van der Waals surface area contributed by atoms with Gasteiger partial charge < -0.3 is 19.6 Å². The Morgan fingerprint density at radius 2 is 1.77 bits per heavy atom. The number of nitriles is 3. The molecule has 2 unspecified atom stereocenters. The highest BCUT2D eigenvalue weighted by atomic mass is 16.5. The molecule has 0 amide bonds. The van der Waals surface area contributed by atoms with Crippen LogP contribution in [0.15, 0.2) is 69.0 Å². The molecule has 2 aromatic carbocycles. The van der Waals surface area contributed by atoms with E-state index in [2.05, 4.69) is 0 Å². The molecule has 0 saturated heterocycles. The van der Waals surface area contributed by atoms with E-state index < -0.39 is 28.8 Å². The number of ketones is 1. The molecule has 9 nitrogen and oxygen atoms in total. The van der Waals surface area contributed by atoms with Gasteiger partial charge in [0, 0.05) is 23.8 Å². The van der Waals surface area contributed by atoms with E-state index in [1.165, 1.54) is 20.3 Å². The molecular formula is C26H20N4O5. The molecule has 0 saturated carbocycles. The zero-order chi connectivity index (χ0) is 25.5. The molecule has 9 heteroatoms. The molecule has 3 aromatic rings. The number of fused-ring (bicyclic) bond motifs is 1. The van der Waals surface area contributed by atoms with Crippen molar-refractivity contribution in [2.75, 3.05) is 14.2 Å². The Bertz CT molecular complexity index is 1490. The Hall–Kier alpha value is -5.07. The summed E-state index contributed by atoms with van der Waals surface area (Å²) in [6.45, 7) is 0. The van der Waals surface area contributed by atoms with E-state index in [9.17, 15) is 25.4 Å². The number of benzene rings is 2. The van der Waals surface area contributed by atoms with E-state index in [4.69, 9.17) is 19.6 Å². The topological polar surface area (TPSA) is 163 Å². The molecule has 2 atom stereocenters. The lowest BCUT2D eigenvalue weighted by atomic mass is 9.79. The summed E-state index contributed by atoms with van der Waals surface area (Å²) < 4.78 is 16.0. The molecule has 0 aliphatic rings. The van der Waals surface area contributed by atoms with Crippen molar-refractivity contribution in [2.45, 2.75) is 12.3 Å². The van der Waals surface area contributed by atoms with E-state index in [0.29, 0.717) is 28.0 Å². The summed E-state index contributed by atoms with van der Waals surface area (Å²) >= 11 is 0. The number of nitrogens with zero attached hydrogens (tertiary/aromatic N) is 3. The van der Waals surface area contributed by atoms with Crippen LogP contribution in [-0.2, 0) is 0 Å². The fourth-order valence-electron chi connectivity index (χ4n) is 3.78. The quantitative estimate of drug-likeness (QED) is 0.296. The molecule has 1 heterocycles. The Morgan fingerprint density at radius 3 is 2.40 bits per heavy atom. The molecule has 0 radical (unpaired) electrons. The first kappa shape index (κ1) is 24.6. The number of para-hydroxylation sites is 1. The number of carbonyl (C=O) groups excluding carboxylic acids is 1. The zero-order valence-electron chi connectivity index (χ0n) is 18.9. The maximum Gasteiger partial charge on any atom is 0.347 e. The Labute approximate surface area is 200 Å². The van der Waals surface area contributed by atoms with Gasteiger partial charge in [-0.15, -0.1) is 0 Å². The van der Waals surface area contributed by atoms with Crippen molar-refractivity contribution in [3.05, 3.63) is 81.3 Å². The summed E-state index contributed by atoms with van der Waals surface area (Å²) in [6.07, 6.45) is -0.352. The maximum absolute atomic E-state index is 13.3. The lowest BCUT2D eigenvalue weighted by Crippen LogP contribution is -2.25. The third kappa shape index (κ3) is 4.98. The third-order valence-corrected chi connectivity index (χ3v) is 5.58. The highest BCUT2D eigenvalue weighted by Crippen LogP contribution is 2.39. The third-order valence-electron chi connectivity index (χ3n) is 5.58. The van der Waals surface area contributed by atoms with Crippen LogP contribution in [0.3, 0.4) is 0 Å². The molecule has 0 fully saturated rings. The van der Waals surface area contributed by atoms with Crippen LogP contribution in [0.2, 0.25) is 0 Å². The fourth-order valence-corrected chi connectivity index (χ4v) is 3.78. The standard InChI is InChI=1S/C26H20N4O5/c1-33-17-7-8-18(24(10-17)34-2)19(21(14-29)25(30)16(12-27)13-28)11-22(31)20-9-15-5-3-4-6-23(15)35-26(20)32/h3-10,19,21H,11,30H2,1-2H3. The van der Waals surface area contributed by atoms with Crippen LogP contribution in [0.4, 0.5) is 0 Å². The van der Waals surface area contributed by atoms with Crippen LogP contribution in [0, 0.1) is 39.9 Å². The monoisotopic (exact) mass is 468 g/mol. The summed E-state index contributed by atoms with van der Waals surface area (Å²) in [7, 11) is 2.88. The second kappa shape index (κ2) is 10.7. The lowest BCUT2D eigenvalue weighted by Gasteiger charge is -2.24. The van der Waals surface area contributed by atoms with E-state index in [1.54, 1.807) is 54.6 Å². The number of hydrogen-bond donors (Lipinski definition) is 1. The van der Waals surface area contributed by atoms with Gasteiger partial charge in [0.15, 0.2) is 5.78 Å². The zero-order valence-corrected chi connectivity index (χ0v) is 18.9. The number of carbonyl (C=O) groups is 1. The molecule has 0 spiro atoms. The van der Waals surface area contributed by atoms with Gasteiger partial charge in [-0.05, 0) is 23.8 Å². The lowest BCUT2D eigenvalue weighted by molar-refractivity contribution is 0.0966. The van der Waals surface area contributed by atoms with Crippen LogP contribution in [0.1, 0.15) is 28.3 Å². The molecule has 2 N–H and O–H groups in total. The van der Waals surface area contributed by atoms with E-state index in [1.807, 2.05) is 6.07 Å². The van der Waals surface area contributed by atoms with E-state index in [0.717, 1.165) is 0 Å². The van der Waals surface area contributed by atoms with Gasteiger partial charge in [-0.1, -0.05) is 24.3 Å². The molecule has 35 heavy (non-hydrogen) atoms. The van der Waals surface area contributed by atoms with Gasteiger partial charge in [0.2, 0.25) is 0 Å². The van der Waals surface area contributed by atoms with E-state index in [-0.39, 0.29) is 17.7 Å². The first-order chi connectivity index (χ1) is 16.9. The second-order valence-corrected chi connectivity index (χ2v) is 7.49. The van der Waals surface area contributed by atoms with Crippen LogP contribution in [0.5, 0.6) is 11.5 Å². The average molecular weight is 468 g/mol. The Morgan fingerprint density at radius 1 is 1.06 bits per heavy atom. The van der Waals surface area contributed by atoms with Crippen molar-refractivity contribution < 1.29 is 18.7 Å². The van der Waals surface area contributed by atoms with Gasteiger partial charge in [-0.3, -0.25) is 4.79 Å². The van der Waals surface area contributed by atoms with Crippen LogP contribution in [-0.4, -0.2) is 20.0 Å². The highest BCUT2D eigenvalue weighted by molar-refractivity contribution is 5.98. The number of rotatable bonds is 8. The Balaban J connectivity index is 2.17. The smallest absolute Gasteiger partial charge is 0.347 e. The van der Waals surface area contributed by atoms with Crippen molar-refractivity contribution in [2.24, 2.45) is 11.7 Å². The van der Waals surface area contributed by atoms with Crippen molar-refractivity contribution in [1.29, 1.82) is 15.8 Å². The van der Waals surface area contributed by atoms with Crippen molar-refractivity contribution in [3.8, 4) is 29.7 Å². The first-order valence-corrected chi connectivity index (χ1v) is 10.4. The number of methoxy groups -OCH3 is 2. The summed E-state index contributed by atoms with van der Waals surface area (Å²) in [4.78, 5) is 25.9. The largest absolute Gasteiger partial charge is 0.497 e. The van der Waals surface area contributed by atoms with Gasteiger partial charge in [0.25, 0.3) is 0 Å². The van der Waals surface area contributed by atoms with Crippen molar-refractivity contribution in [1.82, 2.24) is 0 Å². The summed E-state index contributed by atoms with van der Waals surface area (Å²) in [5, 5.41) is 29.1. The number of allylic oxidation sites excluding steroid dienone is 2. The molecule has 3 rings (SSSR count). The maximum atomic E-state index is 13.3. The van der Waals surface area contributed by atoms with Crippen LogP contribution < -0.4 is 20.8 Å². The highest BCUT2D eigenvalue weighted by Gasteiger charge is 2.33. The first-order valence-electron chi connectivity index (χ1n) is 10.4. The van der Waals surface area contributed by atoms with Crippen LogP contribution in [0.25, 0.3) is 11.0 Å². The SMILES string of the molecule is COc1ccc(C(CC(=O)c2cc3ccccc3oc2=O)C(C#N)C(N)=C(C#N)C#N)c(OC)c1. The number of Topliss-reactive ketones (excluding diaryl/α,β-unsaturated/α-hetero) is 1. The molecular weight excluding hydrogens is 448 g/mol. The van der Waals surface area contributed by atoms with Crippen molar-refractivity contribution in [3.63, 3.8) is 0 Å². The minimum absolute atomic E-state index is 0.193. The molecule has 0 aliphatic carbocycles. The second-order valence-electron chi connectivity index (χ2n) is 7.49. The minimum Gasteiger partial charge on any atom is -0.497 e. The molecule has 0 bridgehead atoms. The molecule has 174 valence electrons. The predicted octanol–water partition coefficient (Wildman–Crippen LogP) is 3.57. The normalized spacial score (nSPS) is 11.9. The molecule has 1 aromatic heterocycles. The number of hydrogen-bond acceptors (Lipinski definition) is 9. The summed E-state index contributed by atoms with van der Waals surface area (Å²) in [5.41, 5.74) is 5.07. The van der Waals surface area contributed by atoms with Crippen molar-refractivity contribution >= 4 is 16.8 Å². The number of nitrogens with two attached hydrogens (primary N) is 1. The average Bonchev–Trinajstić information content (AvgIpc) is 2.88. The minimum atomic E-state index is -1.25. The van der Waals surface area contributed by atoms with Gasteiger partial charge in [0.1, 0.15) is 40.4 Å². The predicted molar refractivity (Wildman–Crippen MR) is 125 cm³/mol. The van der Waals surface area contributed by atoms with Gasteiger partial charge >= 0.3 is 5.63 Å². The van der Waals surface area contributed by atoms with Gasteiger partial charge in [-0.2, -0.15) is 15.8 Å². The molecule has 0 aliphatic heterocycles. The van der Waals surface area contributed by atoms with Crippen LogP contribution >= 0.6 is 0 Å². The summed E-state index contributed by atoms with van der Waals surface area (Å²) in [5.74, 6) is -2.04. The number of ether oxygens (including phenoxy) is 2. The van der Waals surface area contributed by atoms with Gasteiger partial charge in [0.05, 0.1) is 31.9 Å².